The zero-order valence-corrected chi connectivity index (χ0v) is 14.4. The summed E-state index contributed by atoms with van der Waals surface area (Å²) < 4.78 is 17.9. The van der Waals surface area contributed by atoms with Gasteiger partial charge in [-0.3, -0.25) is 0 Å². The monoisotopic (exact) mass is 348 g/mol. The van der Waals surface area contributed by atoms with Crippen molar-refractivity contribution < 1.29 is 10.6 Å². The third-order valence-corrected chi connectivity index (χ3v) is 5.85. The molecule has 0 aliphatic heterocycles. The molecule has 0 amide bonds. The first-order valence-electron chi connectivity index (χ1n) is 7.05. The first-order chi connectivity index (χ1) is 10.9. The normalized spacial score (nSPS) is 9.82. The molecule has 0 heterocycles. The Hall–Kier alpha value is -2.30. The fourth-order valence-corrected chi connectivity index (χ4v) is 4.59. The first-order valence-corrected chi connectivity index (χ1v) is 10.0. The summed E-state index contributed by atoms with van der Waals surface area (Å²) in [5.41, 5.74) is 0. The Bertz CT molecular complexity index is 576. The van der Waals surface area contributed by atoms with Crippen molar-refractivity contribution in [3.63, 3.8) is 0 Å². The summed E-state index contributed by atoms with van der Waals surface area (Å²) in [5, 5.41) is 0. The minimum absolute atomic E-state index is 0.763. The Morgan fingerprint density at radius 1 is 0.409 bits per heavy atom. The zero-order valence-electron chi connectivity index (χ0n) is 12.0. The minimum atomic E-state index is -2.95. The second-order valence-electron chi connectivity index (χ2n) is 4.58. The molecule has 0 bridgehead atoms. The molecule has 3 nitrogen and oxygen atoms in total. The van der Waals surface area contributed by atoms with Gasteiger partial charge in [-0.2, -0.15) is 0 Å². The van der Waals surface area contributed by atoms with Crippen LogP contribution in [0.15, 0.2) is 91.0 Å². The van der Waals surface area contributed by atoms with Crippen molar-refractivity contribution in [2.75, 3.05) is 0 Å². The molecule has 108 valence electrons. The molecule has 0 aliphatic rings. The van der Waals surface area contributed by atoms with E-state index < -0.39 is 17.3 Å². The summed E-state index contributed by atoms with van der Waals surface area (Å²) >= 11 is -2.95. The van der Waals surface area contributed by atoms with Crippen molar-refractivity contribution in [1.82, 2.24) is 0 Å². The van der Waals surface area contributed by atoms with Crippen LogP contribution in [-0.2, 0) is 0 Å². The van der Waals surface area contributed by atoms with E-state index in [1.807, 2.05) is 91.0 Å². The molecule has 0 spiro atoms. The van der Waals surface area contributed by atoms with Gasteiger partial charge in [-0.15, -0.1) is 0 Å². The third kappa shape index (κ3) is 4.34. The molecular formula is C18H15GaO3. The van der Waals surface area contributed by atoms with Crippen LogP contribution in [0.4, 0.5) is 0 Å². The van der Waals surface area contributed by atoms with E-state index in [4.69, 9.17) is 10.6 Å². The van der Waals surface area contributed by atoms with Crippen molar-refractivity contribution in [3.8, 4) is 17.2 Å². The van der Waals surface area contributed by atoms with Crippen LogP contribution in [0.1, 0.15) is 0 Å². The average Bonchev–Trinajstić information content (AvgIpc) is 2.57. The van der Waals surface area contributed by atoms with Gasteiger partial charge in [-0.05, 0) is 0 Å². The van der Waals surface area contributed by atoms with Gasteiger partial charge in [0.25, 0.3) is 0 Å². The standard InChI is InChI=1S/3C6H6O.Ga/c3*7-6-4-2-1-3-5-6;/h3*1-5,7H;/q;;;+3/p-3. The van der Waals surface area contributed by atoms with Crippen LogP contribution < -0.4 is 10.6 Å². The van der Waals surface area contributed by atoms with Gasteiger partial charge in [-0.1, -0.05) is 0 Å². The van der Waals surface area contributed by atoms with E-state index in [0.717, 1.165) is 17.2 Å². The molecule has 0 radical (unpaired) electrons. The zero-order chi connectivity index (χ0) is 15.0. The quantitative estimate of drug-likeness (QED) is 0.624. The summed E-state index contributed by atoms with van der Waals surface area (Å²) in [6.45, 7) is 0. The summed E-state index contributed by atoms with van der Waals surface area (Å²) in [6.07, 6.45) is 0. The van der Waals surface area contributed by atoms with E-state index in [-0.39, 0.29) is 0 Å². The van der Waals surface area contributed by atoms with Gasteiger partial charge in [0.15, 0.2) is 0 Å². The van der Waals surface area contributed by atoms with Crippen LogP contribution in [-0.4, -0.2) is 17.3 Å². The molecule has 0 aromatic heterocycles. The van der Waals surface area contributed by atoms with Crippen LogP contribution in [0.25, 0.3) is 0 Å². The molecular weight excluding hydrogens is 334 g/mol. The molecule has 22 heavy (non-hydrogen) atoms. The Morgan fingerprint density at radius 3 is 0.955 bits per heavy atom. The van der Waals surface area contributed by atoms with Gasteiger partial charge in [0, 0.05) is 0 Å². The summed E-state index contributed by atoms with van der Waals surface area (Å²) in [5.74, 6) is 2.29. The number of benzene rings is 3. The topological polar surface area (TPSA) is 27.7 Å². The van der Waals surface area contributed by atoms with Crippen molar-refractivity contribution >= 4 is 17.3 Å². The van der Waals surface area contributed by atoms with Crippen LogP contribution in [0.2, 0.25) is 0 Å². The van der Waals surface area contributed by atoms with Gasteiger partial charge < -0.3 is 0 Å². The van der Waals surface area contributed by atoms with Crippen LogP contribution >= 0.6 is 0 Å². The van der Waals surface area contributed by atoms with Crippen LogP contribution in [0.5, 0.6) is 17.2 Å². The number of para-hydroxylation sites is 3. The number of rotatable bonds is 6. The van der Waals surface area contributed by atoms with E-state index in [0.29, 0.717) is 0 Å². The van der Waals surface area contributed by atoms with E-state index in [1.165, 1.54) is 0 Å². The van der Waals surface area contributed by atoms with Gasteiger partial charge in [0.2, 0.25) is 0 Å². The molecule has 0 saturated heterocycles. The van der Waals surface area contributed by atoms with Crippen molar-refractivity contribution in [3.05, 3.63) is 91.0 Å². The van der Waals surface area contributed by atoms with E-state index in [9.17, 15) is 0 Å². The van der Waals surface area contributed by atoms with Gasteiger partial charge in [-0.25, -0.2) is 0 Å². The molecule has 0 atom stereocenters. The molecule has 0 fully saturated rings. The summed E-state index contributed by atoms with van der Waals surface area (Å²) in [6, 6.07) is 28.9. The predicted molar refractivity (Wildman–Crippen MR) is 87.0 cm³/mol. The van der Waals surface area contributed by atoms with E-state index >= 15 is 0 Å². The number of hydrogen-bond acceptors (Lipinski definition) is 3. The second-order valence-corrected chi connectivity index (χ2v) is 7.28. The van der Waals surface area contributed by atoms with Crippen LogP contribution in [0, 0.1) is 0 Å². The molecule has 0 saturated carbocycles. The fraction of sp³-hybridized carbons (Fsp3) is 0. The molecule has 0 N–H and O–H groups in total. The molecule has 0 aliphatic carbocycles. The predicted octanol–water partition coefficient (Wildman–Crippen LogP) is 4.21. The van der Waals surface area contributed by atoms with Crippen LogP contribution in [0.3, 0.4) is 0 Å². The van der Waals surface area contributed by atoms with Gasteiger partial charge >= 0.3 is 136 Å². The Kier molecular flexibility index (Phi) is 5.07. The third-order valence-electron chi connectivity index (χ3n) is 2.93. The summed E-state index contributed by atoms with van der Waals surface area (Å²) in [7, 11) is 0. The van der Waals surface area contributed by atoms with E-state index in [2.05, 4.69) is 0 Å². The Labute approximate surface area is 136 Å². The molecule has 3 aromatic rings. The van der Waals surface area contributed by atoms with Crippen molar-refractivity contribution in [2.24, 2.45) is 0 Å². The molecule has 4 heteroatoms. The maximum atomic E-state index is 5.97. The second kappa shape index (κ2) is 7.63. The van der Waals surface area contributed by atoms with Crippen molar-refractivity contribution in [1.29, 1.82) is 0 Å². The maximum absolute atomic E-state index is 5.97. The fourth-order valence-electron chi connectivity index (χ4n) is 1.90. The van der Waals surface area contributed by atoms with Gasteiger partial charge in [0.1, 0.15) is 0 Å². The first kappa shape index (κ1) is 14.6. The summed E-state index contributed by atoms with van der Waals surface area (Å²) in [4.78, 5) is 0. The average molecular weight is 349 g/mol. The Morgan fingerprint density at radius 2 is 0.682 bits per heavy atom. The SMILES string of the molecule is c1ccc([O][Ga]([O]c2ccccc2)[O]c2ccccc2)cc1. The molecule has 3 aromatic carbocycles. The van der Waals surface area contributed by atoms with E-state index in [1.54, 1.807) is 0 Å². The Balaban J connectivity index is 1.75. The molecule has 0 unspecified atom stereocenters. The van der Waals surface area contributed by atoms with Gasteiger partial charge in [0.05, 0.1) is 0 Å². The van der Waals surface area contributed by atoms with Crippen molar-refractivity contribution in [2.45, 2.75) is 0 Å². The molecule has 3 rings (SSSR count). The number of hydrogen-bond donors (Lipinski definition) is 0.